The van der Waals surface area contributed by atoms with Crippen molar-refractivity contribution in [3.8, 4) is 22.9 Å². The first kappa shape index (κ1) is 23.5. The van der Waals surface area contributed by atoms with E-state index < -0.39 is 20.0 Å². The molecule has 148 valence electrons. The van der Waals surface area contributed by atoms with E-state index in [2.05, 4.69) is 68.1 Å². The second kappa shape index (κ2) is 11.4. The molecule has 0 radical (unpaired) electrons. The Labute approximate surface area is 199 Å². The quantitative estimate of drug-likeness (QED) is 0.213. The maximum atomic E-state index is 12.0. The average Bonchev–Trinajstić information content (AvgIpc) is 2.69. The minimum atomic E-state index is -2.14. The van der Waals surface area contributed by atoms with E-state index in [0.29, 0.717) is 11.1 Å². The van der Waals surface area contributed by atoms with Crippen LogP contribution >= 0.6 is 45.2 Å². The van der Waals surface area contributed by atoms with Gasteiger partial charge in [-0.1, -0.05) is 36.1 Å². The highest BCUT2D eigenvalue weighted by molar-refractivity contribution is 14.1. The summed E-state index contributed by atoms with van der Waals surface area (Å²) in [6, 6.07) is 14.5. The lowest BCUT2D eigenvalue weighted by Crippen LogP contribution is -2.21. The standard InChI is InChI=1S/C22H18I2O4Si/c1-29(2,15-7-13-27-21(25)17-9-3-5-11-19(17)23)16-8-14-28-22(26)18-10-4-6-12-20(18)24/h3-6,9-12H,13-14H2,1-2H3. The van der Waals surface area contributed by atoms with Crippen molar-refractivity contribution in [3.05, 3.63) is 66.8 Å². The number of hydrogen-bond donors (Lipinski definition) is 0. The van der Waals surface area contributed by atoms with Gasteiger partial charge in [0.05, 0.1) is 11.1 Å². The molecule has 0 saturated carbocycles. The molecule has 7 heteroatoms. The Morgan fingerprint density at radius 3 is 1.55 bits per heavy atom. The third-order valence-electron chi connectivity index (χ3n) is 3.54. The predicted molar refractivity (Wildman–Crippen MR) is 132 cm³/mol. The molecule has 2 aromatic carbocycles. The monoisotopic (exact) mass is 628 g/mol. The Hall–Kier alpha value is -1.82. The second-order valence-corrected chi connectivity index (χ2v) is 12.4. The number of rotatable bonds is 4. The van der Waals surface area contributed by atoms with Crippen molar-refractivity contribution in [2.24, 2.45) is 0 Å². The topological polar surface area (TPSA) is 52.6 Å². The van der Waals surface area contributed by atoms with Crippen molar-refractivity contribution in [1.29, 1.82) is 0 Å². The number of carbonyl (C=O) groups excluding carboxylic acids is 2. The van der Waals surface area contributed by atoms with Crippen LogP contribution in [-0.4, -0.2) is 33.2 Å². The first-order valence-electron chi connectivity index (χ1n) is 8.63. The van der Waals surface area contributed by atoms with Gasteiger partial charge < -0.3 is 9.47 Å². The number of benzene rings is 2. The zero-order chi connectivity index (χ0) is 21.3. The fraction of sp³-hybridized carbons (Fsp3) is 0.182. The molecular weight excluding hydrogens is 610 g/mol. The van der Waals surface area contributed by atoms with E-state index in [1.54, 1.807) is 24.3 Å². The van der Waals surface area contributed by atoms with Crippen LogP contribution in [0.15, 0.2) is 48.5 Å². The van der Waals surface area contributed by atoms with E-state index in [1.165, 1.54) is 0 Å². The smallest absolute Gasteiger partial charge is 0.340 e. The molecule has 29 heavy (non-hydrogen) atoms. The van der Waals surface area contributed by atoms with E-state index >= 15 is 0 Å². The Morgan fingerprint density at radius 1 is 0.793 bits per heavy atom. The van der Waals surface area contributed by atoms with Gasteiger partial charge in [-0.05, 0) is 82.5 Å². The Balaban J connectivity index is 1.83. The average molecular weight is 628 g/mol. The molecule has 0 heterocycles. The van der Waals surface area contributed by atoms with Crippen LogP contribution in [0.1, 0.15) is 20.7 Å². The van der Waals surface area contributed by atoms with Crippen LogP contribution in [0.25, 0.3) is 0 Å². The van der Waals surface area contributed by atoms with E-state index in [4.69, 9.17) is 9.47 Å². The highest BCUT2D eigenvalue weighted by atomic mass is 127. The lowest BCUT2D eigenvalue weighted by atomic mass is 10.2. The van der Waals surface area contributed by atoms with Gasteiger partial charge in [0, 0.05) is 7.14 Å². The van der Waals surface area contributed by atoms with Crippen LogP contribution in [0.3, 0.4) is 0 Å². The SMILES string of the molecule is C[Si](C)(C#CCOC(=O)c1ccccc1I)C#CCOC(=O)c1ccccc1I. The molecule has 0 aliphatic heterocycles. The molecule has 2 aromatic rings. The number of ether oxygens (including phenoxy) is 2. The molecule has 0 N–H and O–H groups in total. The molecule has 0 saturated heterocycles. The van der Waals surface area contributed by atoms with E-state index in [0.717, 1.165) is 7.14 Å². The molecule has 0 amide bonds. The number of carbonyl (C=O) groups is 2. The molecule has 0 aliphatic rings. The van der Waals surface area contributed by atoms with Gasteiger partial charge in [-0.2, -0.15) is 0 Å². The third kappa shape index (κ3) is 7.84. The molecule has 0 atom stereocenters. The van der Waals surface area contributed by atoms with Crippen molar-refractivity contribution >= 4 is 65.2 Å². The minimum absolute atomic E-state index is 0.0172. The molecular formula is C22H18I2O4Si. The van der Waals surface area contributed by atoms with Crippen LogP contribution in [0.4, 0.5) is 0 Å². The predicted octanol–water partition coefficient (Wildman–Crippen LogP) is 4.70. The Morgan fingerprint density at radius 2 is 1.17 bits per heavy atom. The van der Waals surface area contributed by atoms with Gasteiger partial charge in [0.2, 0.25) is 8.07 Å². The van der Waals surface area contributed by atoms with E-state index in [-0.39, 0.29) is 13.2 Å². The van der Waals surface area contributed by atoms with Crippen LogP contribution in [0, 0.1) is 30.1 Å². The van der Waals surface area contributed by atoms with Gasteiger partial charge in [0.1, 0.15) is 0 Å². The fourth-order valence-electron chi connectivity index (χ4n) is 2.16. The summed E-state index contributed by atoms with van der Waals surface area (Å²) >= 11 is 4.19. The van der Waals surface area contributed by atoms with Crippen molar-refractivity contribution in [2.45, 2.75) is 13.1 Å². The highest BCUT2D eigenvalue weighted by Gasteiger charge is 2.15. The van der Waals surface area contributed by atoms with Gasteiger partial charge in [-0.25, -0.2) is 9.59 Å². The molecule has 0 bridgehead atoms. The first-order chi connectivity index (χ1) is 13.8. The molecule has 4 nitrogen and oxygen atoms in total. The largest absolute Gasteiger partial charge is 0.449 e. The zero-order valence-corrected chi connectivity index (χ0v) is 21.2. The Kier molecular flexibility index (Phi) is 9.21. The van der Waals surface area contributed by atoms with Crippen LogP contribution in [0.2, 0.25) is 13.1 Å². The number of halogens is 2. The van der Waals surface area contributed by atoms with Crippen LogP contribution in [-0.2, 0) is 9.47 Å². The summed E-state index contributed by atoms with van der Waals surface area (Å²) in [5, 5.41) is 0. The lowest BCUT2D eigenvalue weighted by molar-refractivity contribution is 0.0546. The highest BCUT2D eigenvalue weighted by Crippen LogP contribution is 2.13. The summed E-state index contributed by atoms with van der Waals surface area (Å²) in [4.78, 5) is 24.1. The molecule has 0 unspecified atom stereocenters. The first-order valence-corrected chi connectivity index (χ1v) is 13.8. The van der Waals surface area contributed by atoms with Crippen molar-refractivity contribution in [1.82, 2.24) is 0 Å². The molecule has 0 aromatic heterocycles. The normalized spacial score (nSPS) is 10.1. The van der Waals surface area contributed by atoms with Crippen molar-refractivity contribution in [3.63, 3.8) is 0 Å². The Bertz CT molecular complexity index is 945. The van der Waals surface area contributed by atoms with Gasteiger partial charge in [0.15, 0.2) is 13.2 Å². The van der Waals surface area contributed by atoms with Crippen molar-refractivity contribution in [2.75, 3.05) is 13.2 Å². The van der Waals surface area contributed by atoms with Gasteiger partial charge in [-0.15, -0.1) is 11.1 Å². The molecule has 0 fully saturated rings. The lowest BCUT2D eigenvalue weighted by Gasteiger charge is -2.06. The van der Waals surface area contributed by atoms with Gasteiger partial charge in [-0.3, -0.25) is 0 Å². The molecule has 0 spiro atoms. The fourth-order valence-corrected chi connectivity index (χ4v) is 4.46. The minimum Gasteiger partial charge on any atom is -0.449 e. The number of hydrogen-bond acceptors (Lipinski definition) is 4. The third-order valence-corrected chi connectivity index (χ3v) is 7.03. The summed E-state index contributed by atoms with van der Waals surface area (Å²) in [6.07, 6.45) is 0. The van der Waals surface area contributed by atoms with E-state index in [9.17, 15) is 9.59 Å². The summed E-state index contributed by atoms with van der Waals surface area (Å²) in [7, 11) is -2.14. The second-order valence-electron chi connectivity index (χ2n) is 6.34. The zero-order valence-electron chi connectivity index (χ0n) is 15.9. The maximum absolute atomic E-state index is 12.0. The van der Waals surface area contributed by atoms with Crippen molar-refractivity contribution < 1.29 is 19.1 Å². The van der Waals surface area contributed by atoms with Gasteiger partial charge in [0.25, 0.3) is 0 Å². The maximum Gasteiger partial charge on any atom is 0.340 e. The molecule has 0 aliphatic carbocycles. The van der Waals surface area contributed by atoms with E-state index in [1.807, 2.05) is 37.4 Å². The molecule has 2 rings (SSSR count). The summed E-state index contributed by atoms with van der Waals surface area (Å²) in [6.45, 7) is 4.00. The number of esters is 2. The van der Waals surface area contributed by atoms with Crippen LogP contribution < -0.4 is 0 Å². The summed E-state index contributed by atoms with van der Waals surface area (Å²) in [5.74, 6) is 4.98. The van der Waals surface area contributed by atoms with Gasteiger partial charge >= 0.3 is 11.9 Å². The summed E-state index contributed by atoms with van der Waals surface area (Å²) in [5.41, 5.74) is 7.27. The van der Waals surface area contributed by atoms with Crippen LogP contribution in [0.5, 0.6) is 0 Å². The summed E-state index contributed by atoms with van der Waals surface area (Å²) < 4.78 is 12.1.